The highest BCUT2D eigenvalue weighted by atomic mass is 32.2. The predicted molar refractivity (Wildman–Crippen MR) is 48.8 cm³/mol. The largest absolute Gasteiger partial charge is 0.294 e. The number of hydrazine groups is 1. The van der Waals surface area contributed by atoms with Crippen LogP contribution in [0.3, 0.4) is 0 Å². The number of aryl methyl sites for hydroxylation is 1. The van der Waals surface area contributed by atoms with E-state index in [1.807, 2.05) is 6.92 Å². The van der Waals surface area contributed by atoms with E-state index in [9.17, 15) is 4.79 Å². The molecular weight excluding hydrogens is 190 g/mol. The summed E-state index contributed by atoms with van der Waals surface area (Å²) in [6.45, 7) is 1.82. The lowest BCUT2D eigenvalue weighted by atomic mass is 10.5. The second-order valence-corrected chi connectivity index (χ2v) is 3.43. The summed E-state index contributed by atoms with van der Waals surface area (Å²) in [6.07, 6.45) is 0.370. The fraction of sp³-hybridized carbons (Fsp3) is 0.500. The second kappa shape index (κ2) is 4.83. The van der Waals surface area contributed by atoms with Gasteiger partial charge < -0.3 is 0 Å². The number of hydrogen-bond donors (Lipinski definition) is 3. The van der Waals surface area contributed by atoms with Crippen LogP contribution < -0.4 is 11.3 Å². The lowest BCUT2D eigenvalue weighted by Gasteiger charge is -1.95. The summed E-state index contributed by atoms with van der Waals surface area (Å²) in [7, 11) is 0. The van der Waals surface area contributed by atoms with Gasteiger partial charge in [-0.05, 0) is 6.92 Å². The molecule has 0 unspecified atom stereocenters. The highest BCUT2D eigenvalue weighted by molar-refractivity contribution is 7.99. The normalized spacial score (nSPS) is 10.0. The Bertz CT molecular complexity index is 286. The molecule has 0 bridgehead atoms. The van der Waals surface area contributed by atoms with Crippen molar-refractivity contribution in [3.8, 4) is 0 Å². The van der Waals surface area contributed by atoms with Crippen LogP contribution in [0.15, 0.2) is 5.16 Å². The van der Waals surface area contributed by atoms with E-state index in [1.54, 1.807) is 0 Å². The molecule has 0 atom stereocenters. The number of aromatic amines is 1. The number of carbonyl (C=O) groups is 1. The van der Waals surface area contributed by atoms with E-state index >= 15 is 0 Å². The molecule has 13 heavy (non-hydrogen) atoms. The Morgan fingerprint density at radius 1 is 1.77 bits per heavy atom. The molecule has 0 radical (unpaired) electrons. The van der Waals surface area contributed by atoms with Gasteiger partial charge in [-0.2, -0.15) is 0 Å². The van der Waals surface area contributed by atoms with Gasteiger partial charge in [-0.1, -0.05) is 11.8 Å². The van der Waals surface area contributed by atoms with Gasteiger partial charge in [0, 0.05) is 12.2 Å². The zero-order valence-electron chi connectivity index (χ0n) is 7.20. The standard InChI is InChI=1S/C6H11N5OS/c1-4-8-6(11-10-4)13-3-2-5(12)9-7/h2-3,7H2,1H3,(H,9,12)(H,8,10,11). The Morgan fingerprint density at radius 3 is 3.08 bits per heavy atom. The molecule has 0 aliphatic rings. The van der Waals surface area contributed by atoms with Crippen LogP contribution in [0.4, 0.5) is 0 Å². The molecular formula is C6H11N5OS. The number of nitrogens with two attached hydrogens (primary N) is 1. The zero-order valence-corrected chi connectivity index (χ0v) is 8.02. The molecule has 0 saturated carbocycles. The number of hydrogen-bond acceptors (Lipinski definition) is 5. The summed E-state index contributed by atoms with van der Waals surface area (Å²) in [6, 6.07) is 0. The number of H-pyrrole nitrogens is 1. The highest BCUT2D eigenvalue weighted by Crippen LogP contribution is 2.12. The molecule has 1 amide bonds. The first-order chi connectivity index (χ1) is 6.22. The zero-order chi connectivity index (χ0) is 9.68. The Morgan fingerprint density at radius 2 is 2.54 bits per heavy atom. The van der Waals surface area contributed by atoms with Crippen molar-refractivity contribution in [3.63, 3.8) is 0 Å². The molecule has 0 saturated heterocycles. The maximum absolute atomic E-state index is 10.7. The van der Waals surface area contributed by atoms with E-state index in [2.05, 4.69) is 20.6 Å². The Kier molecular flexibility index (Phi) is 3.71. The van der Waals surface area contributed by atoms with Gasteiger partial charge in [0.1, 0.15) is 5.82 Å². The molecule has 0 spiro atoms. The van der Waals surface area contributed by atoms with Crippen molar-refractivity contribution in [1.29, 1.82) is 0 Å². The van der Waals surface area contributed by atoms with Crippen molar-refractivity contribution < 1.29 is 4.79 Å². The third-order valence-electron chi connectivity index (χ3n) is 1.30. The molecule has 1 rings (SSSR count). The SMILES string of the molecule is Cc1nc(SCCC(=O)NN)n[nH]1. The molecule has 0 aromatic carbocycles. The number of amides is 1. The number of thioether (sulfide) groups is 1. The lowest BCUT2D eigenvalue weighted by molar-refractivity contribution is -0.120. The Hall–Kier alpha value is -1.08. The third kappa shape index (κ3) is 3.43. The van der Waals surface area contributed by atoms with Crippen LogP contribution in [-0.2, 0) is 4.79 Å². The molecule has 72 valence electrons. The van der Waals surface area contributed by atoms with Gasteiger partial charge in [0.05, 0.1) is 0 Å². The van der Waals surface area contributed by atoms with Crippen molar-refractivity contribution in [2.45, 2.75) is 18.5 Å². The first-order valence-corrected chi connectivity index (χ1v) is 4.72. The van der Waals surface area contributed by atoms with Crippen LogP contribution in [0.1, 0.15) is 12.2 Å². The summed E-state index contributed by atoms with van der Waals surface area (Å²) >= 11 is 1.42. The smallest absolute Gasteiger partial charge is 0.234 e. The summed E-state index contributed by atoms with van der Waals surface area (Å²) < 4.78 is 0. The van der Waals surface area contributed by atoms with Crippen LogP contribution in [0.5, 0.6) is 0 Å². The fourth-order valence-electron chi connectivity index (χ4n) is 0.694. The first-order valence-electron chi connectivity index (χ1n) is 3.73. The van der Waals surface area contributed by atoms with Gasteiger partial charge in [-0.3, -0.25) is 15.3 Å². The van der Waals surface area contributed by atoms with Crippen molar-refractivity contribution in [2.75, 3.05) is 5.75 Å². The van der Waals surface area contributed by atoms with Crippen LogP contribution >= 0.6 is 11.8 Å². The Balaban J connectivity index is 2.24. The molecule has 1 aromatic heterocycles. The van der Waals surface area contributed by atoms with Crippen molar-refractivity contribution in [1.82, 2.24) is 20.6 Å². The van der Waals surface area contributed by atoms with Gasteiger partial charge >= 0.3 is 0 Å². The van der Waals surface area contributed by atoms with E-state index in [-0.39, 0.29) is 5.91 Å². The van der Waals surface area contributed by atoms with Crippen molar-refractivity contribution >= 4 is 17.7 Å². The number of nitrogens with zero attached hydrogens (tertiary/aromatic N) is 2. The van der Waals surface area contributed by atoms with Crippen molar-refractivity contribution in [3.05, 3.63) is 5.82 Å². The van der Waals surface area contributed by atoms with Gasteiger partial charge in [0.15, 0.2) is 0 Å². The van der Waals surface area contributed by atoms with Crippen LogP contribution in [0, 0.1) is 6.92 Å². The molecule has 0 aliphatic heterocycles. The topological polar surface area (TPSA) is 96.7 Å². The van der Waals surface area contributed by atoms with Crippen LogP contribution in [0.25, 0.3) is 0 Å². The summed E-state index contributed by atoms with van der Waals surface area (Å²) in [4.78, 5) is 14.8. The highest BCUT2D eigenvalue weighted by Gasteiger charge is 2.02. The van der Waals surface area contributed by atoms with Crippen LogP contribution in [-0.4, -0.2) is 26.8 Å². The minimum absolute atomic E-state index is 0.181. The molecule has 4 N–H and O–H groups in total. The van der Waals surface area contributed by atoms with Crippen LogP contribution in [0.2, 0.25) is 0 Å². The minimum Gasteiger partial charge on any atom is -0.294 e. The average molecular weight is 201 g/mol. The maximum atomic E-state index is 10.7. The fourth-order valence-corrected chi connectivity index (χ4v) is 1.48. The van der Waals surface area contributed by atoms with Gasteiger partial charge in [-0.15, -0.1) is 5.10 Å². The number of aromatic nitrogens is 3. The summed E-state index contributed by atoms with van der Waals surface area (Å²) in [5.74, 6) is 6.12. The molecule has 1 aromatic rings. The minimum atomic E-state index is -0.181. The average Bonchev–Trinajstić information content (AvgIpc) is 2.51. The lowest BCUT2D eigenvalue weighted by Crippen LogP contribution is -2.30. The van der Waals surface area contributed by atoms with Gasteiger partial charge in [-0.25, -0.2) is 10.8 Å². The number of carbonyl (C=O) groups excluding carboxylic acids is 1. The molecule has 0 fully saturated rings. The number of rotatable bonds is 4. The predicted octanol–water partition coefficient (Wildman–Crippen LogP) is -0.415. The van der Waals surface area contributed by atoms with E-state index in [4.69, 9.17) is 5.84 Å². The first kappa shape index (κ1) is 10.0. The number of nitrogens with one attached hydrogen (secondary N) is 2. The monoisotopic (exact) mass is 201 g/mol. The molecule has 1 heterocycles. The quantitative estimate of drug-likeness (QED) is 0.266. The Labute approximate surface area is 79.7 Å². The van der Waals surface area contributed by atoms with Crippen molar-refractivity contribution in [2.24, 2.45) is 5.84 Å². The molecule has 6 nitrogen and oxygen atoms in total. The summed E-state index contributed by atoms with van der Waals surface area (Å²) in [5.41, 5.74) is 2.06. The van der Waals surface area contributed by atoms with Gasteiger partial charge in [0.25, 0.3) is 0 Å². The third-order valence-corrected chi connectivity index (χ3v) is 2.15. The van der Waals surface area contributed by atoms with E-state index in [1.165, 1.54) is 11.8 Å². The summed E-state index contributed by atoms with van der Waals surface area (Å²) in [5, 5.41) is 7.27. The van der Waals surface area contributed by atoms with E-state index in [0.717, 1.165) is 5.82 Å². The second-order valence-electron chi connectivity index (χ2n) is 2.37. The van der Waals surface area contributed by atoms with E-state index < -0.39 is 0 Å². The molecule has 7 heteroatoms. The van der Waals surface area contributed by atoms with Gasteiger partial charge in [0.2, 0.25) is 11.1 Å². The maximum Gasteiger partial charge on any atom is 0.234 e. The van der Waals surface area contributed by atoms with E-state index in [0.29, 0.717) is 17.3 Å². The molecule has 0 aliphatic carbocycles.